The quantitative estimate of drug-likeness (QED) is 0.888. The van der Waals surface area contributed by atoms with Crippen LogP contribution in [0.25, 0.3) is 11.3 Å². The van der Waals surface area contributed by atoms with E-state index in [1.807, 2.05) is 18.7 Å². The van der Waals surface area contributed by atoms with E-state index in [0.717, 1.165) is 44.4 Å². The molecule has 6 heteroatoms. The smallest absolute Gasteiger partial charge is 0.226 e. The van der Waals surface area contributed by atoms with Crippen LogP contribution in [0.2, 0.25) is 0 Å². The molecule has 1 fully saturated rings. The molecule has 2 aromatic rings. The number of H-pyrrole nitrogens is 1. The van der Waals surface area contributed by atoms with Crippen molar-refractivity contribution >= 4 is 5.91 Å². The normalized spacial score (nSPS) is 19.0. The Morgan fingerprint density at radius 3 is 2.88 bits per heavy atom. The first-order valence-electron chi connectivity index (χ1n) is 8.82. The lowest BCUT2D eigenvalue weighted by Gasteiger charge is -2.36. The van der Waals surface area contributed by atoms with Crippen LogP contribution in [0.3, 0.4) is 0 Å². The molecule has 134 valence electrons. The first-order valence-corrected chi connectivity index (χ1v) is 8.82. The second-order valence-corrected chi connectivity index (χ2v) is 6.66. The molecule has 2 atom stereocenters. The molecule has 1 aliphatic heterocycles. The van der Waals surface area contributed by atoms with Gasteiger partial charge in [-0.2, -0.15) is 0 Å². The minimum atomic E-state index is -0.889. The number of carbonyl (C=O) groups excluding carboxylic acids is 1. The Kier molecular flexibility index (Phi) is 5.16. The number of rotatable bonds is 4. The highest BCUT2D eigenvalue weighted by Crippen LogP contribution is 2.32. The lowest BCUT2D eigenvalue weighted by molar-refractivity contribution is -0.139. The number of hydrogen-bond acceptors (Lipinski definition) is 2. The van der Waals surface area contributed by atoms with Crippen LogP contribution in [-0.2, 0) is 4.79 Å². The molecule has 25 heavy (non-hydrogen) atoms. The molecule has 1 N–H and O–H groups in total. The average molecular weight is 347 g/mol. The van der Waals surface area contributed by atoms with Crippen LogP contribution in [0.5, 0.6) is 0 Å². The minimum Gasteiger partial charge on any atom is -0.340 e. The fourth-order valence-corrected chi connectivity index (χ4v) is 3.25. The molecule has 4 nitrogen and oxygen atoms in total. The predicted octanol–water partition coefficient (Wildman–Crippen LogP) is 4.45. The monoisotopic (exact) mass is 347 g/mol. The zero-order valence-corrected chi connectivity index (χ0v) is 14.6. The summed E-state index contributed by atoms with van der Waals surface area (Å²) in [6.07, 6.45) is 5.31. The number of benzene rings is 1. The number of imidazole rings is 1. The molecule has 0 radical (unpaired) electrons. The van der Waals surface area contributed by atoms with Gasteiger partial charge in [0.15, 0.2) is 11.6 Å². The summed E-state index contributed by atoms with van der Waals surface area (Å²) in [6, 6.07) is 3.67. The van der Waals surface area contributed by atoms with Crippen LogP contribution in [0.1, 0.15) is 51.4 Å². The van der Waals surface area contributed by atoms with Gasteiger partial charge in [0.25, 0.3) is 0 Å². The highest BCUT2D eigenvalue weighted by atomic mass is 19.2. The second kappa shape index (κ2) is 7.33. The van der Waals surface area contributed by atoms with Gasteiger partial charge in [0, 0.05) is 18.0 Å². The van der Waals surface area contributed by atoms with E-state index in [4.69, 9.17) is 0 Å². The third-order valence-corrected chi connectivity index (χ3v) is 4.96. The summed E-state index contributed by atoms with van der Waals surface area (Å²) in [6.45, 7) is 4.69. The van der Waals surface area contributed by atoms with Crippen LogP contribution in [0.4, 0.5) is 8.78 Å². The van der Waals surface area contributed by atoms with Gasteiger partial charge in [0.1, 0.15) is 5.82 Å². The Bertz CT molecular complexity index is 759. The van der Waals surface area contributed by atoms with Gasteiger partial charge in [-0.15, -0.1) is 0 Å². The zero-order valence-electron chi connectivity index (χ0n) is 14.6. The van der Waals surface area contributed by atoms with Crippen molar-refractivity contribution in [2.45, 2.75) is 45.6 Å². The maximum atomic E-state index is 13.5. The molecular weight excluding hydrogens is 324 g/mol. The summed E-state index contributed by atoms with van der Waals surface area (Å²) in [4.78, 5) is 22.2. The van der Waals surface area contributed by atoms with Crippen molar-refractivity contribution in [1.29, 1.82) is 0 Å². The molecular formula is C19H23F2N3O. The lowest BCUT2D eigenvalue weighted by atomic mass is 9.98. The fraction of sp³-hybridized carbons (Fsp3) is 0.474. The highest BCUT2D eigenvalue weighted by Gasteiger charge is 2.31. The van der Waals surface area contributed by atoms with Gasteiger partial charge < -0.3 is 9.88 Å². The molecule has 0 bridgehead atoms. The van der Waals surface area contributed by atoms with Crippen LogP contribution in [0.15, 0.2) is 24.4 Å². The topological polar surface area (TPSA) is 49.0 Å². The minimum absolute atomic E-state index is 0.0128. The molecule has 2 heterocycles. The molecule has 2 unspecified atom stereocenters. The number of piperidine rings is 1. The van der Waals surface area contributed by atoms with Gasteiger partial charge in [-0.1, -0.05) is 13.8 Å². The summed E-state index contributed by atoms with van der Waals surface area (Å²) in [5.74, 6) is -0.920. The van der Waals surface area contributed by atoms with Gasteiger partial charge in [-0.25, -0.2) is 13.8 Å². The average Bonchev–Trinajstić information content (AvgIpc) is 3.12. The Labute approximate surface area is 146 Å². The van der Waals surface area contributed by atoms with E-state index in [2.05, 4.69) is 9.97 Å². The van der Waals surface area contributed by atoms with E-state index in [9.17, 15) is 13.6 Å². The van der Waals surface area contributed by atoms with Crippen molar-refractivity contribution in [3.63, 3.8) is 0 Å². The van der Waals surface area contributed by atoms with E-state index in [1.54, 1.807) is 6.20 Å². The third kappa shape index (κ3) is 3.57. The van der Waals surface area contributed by atoms with E-state index in [1.165, 1.54) is 6.07 Å². The highest BCUT2D eigenvalue weighted by molar-refractivity contribution is 5.79. The standard InChI is InChI=1S/C19H23F2N3O/c1-3-12(2)19(25)24-9-5-4-6-17(24)18-22-11-16(23-18)13-7-8-14(20)15(21)10-13/h7-8,10-12,17H,3-6,9H2,1-2H3,(H,22,23). The molecule has 3 rings (SSSR count). The Hall–Kier alpha value is -2.24. The SMILES string of the molecule is CCC(C)C(=O)N1CCCCC1c1ncc(-c2ccc(F)c(F)c2)[nH]1. The van der Waals surface area contributed by atoms with Crippen LogP contribution >= 0.6 is 0 Å². The molecule has 1 aromatic carbocycles. The summed E-state index contributed by atoms with van der Waals surface area (Å²) in [5.41, 5.74) is 1.16. The van der Waals surface area contributed by atoms with Gasteiger partial charge >= 0.3 is 0 Å². The second-order valence-electron chi connectivity index (χ2n) is 6.66. The van der Waals surface area contributed by atoms with Crippen molar-refractivity contribution in [2.75, 3.05) is 6.54 Å². The van der Waals surface area contributed by atoms with E-state index >= 15 is 0 Å². The molecule has 0 saturated carbocycles. The third-order valence-electron chi connectivity index (χ3n) is 4.96. The van der Waals surface area contributed by atoms with Crippen molar-refractivity contribution in [1.82, 2.24) is 14.9 Å². The number of nitrogens with zero attached hydrogens (tertiary/aromatic N) is 2. The largest absolute Gasteiger partial charge is 0.340 e. The predicted molar refractivity (Wildman–Crippen MR) is 91.7 cm³/mol. The number of carbonyl (C=O) groups is 1. The molecule has 0 aliphatic carbocycles. The summed E-state index contributed by atoms with van der Waals surface area (Å²) < 4.78 is 26.6. The number of aromatic nitrogens is 2. The van der Waals surface area contributed by atoms with Crippen molar-refractivity contribution < 1.29 is 13.6 Å². The van der Waals surface area contributed by atoms with Crippen molar-refractivity contribution in [3.8, 4) is 11.3 Å². The van der Waals surface area contributed by atoms with Gasteiger partial charge in [0.05, 0.1) is 17.9 Å². The van der Waals surface area contributed by atoms with Crippen LogP contribution in [0, 0.1) is 17.6 Å². The summed E-state index contributed by atoms with van der Waals surface area (Å²) in [5, 5.41) is 0. The van der Waals surface area contributed by atoms with E-state index in [0.29, 0.717) is 17.1 Å². The number of amides is 1. The number of aromatic amines is 1. The molecule has 0 spiro atoms. The zero-order chi connectivity index (χ0) is 18.0. The number of hydrogen-bond donors (Lipinski definition) is 1. The van der Waals surface area contributed by atoms with Crippen LogP contribution < -0.4 is 0 Å². The van der Waals surface area contributed by atoms with Crippen molar-refractivity contribution in [3.05, 3.63) is 41.9 Å². The fourth-order valence-electron chi connectivity index (χ4n) is 3.25. The molecule has 1 aromatic heterocycles. The molecule has 1 aliphatic rings. The van der Waals surface area contributed by atoms with E-state index in [-0.39, 0.29) is 17.9 Å². The van der Waals surface area contributed by atoms with Gasteiger partial charge in [-0.3, -0.25) is 4.79 Å². The number of nitrogens with one attached hydrogen (secondary N) is 1. The van der Waals surface area contributed by atoms with Crippen molar-refractivity contribution in [2.24, 2.45) is 5.92 Å². The Morgan fingerprint density at radius 2 is 2.16 bits per heavy atom. The van der Waals surface area contributed by atoms with Gasteiger partial charge in [0.2, 0.25) is 5.91 Å². The maximum Gasteiger partial charge on any atom is 0.226 e. The van der Waals surface area contributed by atoms with E-state index < -0.39 is 11.6 Å². The number of likely N-dealkylation sites (tertiary alicyclic amines) is 1. The molecule has 1 amide bonds. The van der Waals surface area contributed by atoms with Crippen LogP contribution in [-0.4, -0.2) is 27.3 Å². The Morgan fingerprint density at radius 1 is 1.36 bits per heavy atom. The maximum absolute atomic E-state index is 13.5. The summed E-state index contributed by atoms with van der Waals surface area (Å²) >= 11 is 0. The molecule has 1 saturated heterocycles. The van der Waals surface area contributed by atoms with Gasteiger partial charge in [-0.05, 0) is 43.9 Å². The number of halogens is 2. The lowest BCUT2D eigenvalue weighted by Crippen LogP contribution is -2.41. The first-order chi connectivity index (χ1) is 12.0. The summed E-state index contributed by atoms with van der Waals surface area (Å²) in [7, 11) is 0. The Balaban J connectivity index is 1.86. The first kappa shape index (κ1) is 17.6.